The number of amides is 1. The van der Waals surface area contributed by atoms with E-state index in [-0.39, 0.29) is 17.4 Å². The van der Waals surface area contributed by atoms with E-state index in [2.05, 4.69) is 51.2 Å². The van der Waals surface area contributed by atoms with Crippen molar-refractivity contribution in [3.05, 3.63) is 58.7 Å². The third-order valence-electron chi connectivity index (χ3n) is 5.70. The zero-order valence-electron chi connectivity index (χ0n) is 19.8. The van der Waals surface area contributed by atoms with Gasteiger partial charge < -0.3 is 14.8 Å². The van der Waals surface area contributed by atoms with Crippen LogP contribution in [0.1, 0.15) is 67.7 Å². The third kappa shape index (κ3) is 7.73. The van der Waals surface area contributed by atoms with Gasteiger partial charge in [0.15, 0.2) is 5.79 Å². The quantitative estimate of drug-likeness (QED) is 0.425. The lowest BCUT2D eigenvalue weighted by atomic mass is 9.72. The number of nitrogens with one attached hydrogen (secondary N) is 1. The van der Waals surface area contributed by atoms with Crippen molar-refractivity contribution in [2.45, 2.75) is 79.6 Å². The van der Waals surface area contributed by atoms with Crippen LogP contribution in [0.3, 0.4) is 0 Å². The Hall–Kier alpha value is -1.91. The number of rotatable bonds is 7. The summed E-state index contributed by atoms with van der Waals surface area (Å²) in [6.45, 7) is 15.7. The lowest BCUT2D eigenvalue weighted by molar-refractivity contribution is -0.139. The second kappa shape index (κ2) is 10.4. The van der Waals surface area contributed by atoms with E-state index < -0.39 is 5.79 Å². The summed E-state index contributed by atoms with van der Waals surface area (Å²) in [5, 5.41) is 2.88. The first kappa shape index (κ1) is 24.4. The highest BCUT2D eigenvalue weighted by Crippen LogP contribution is 2.40. The van der Waals surface area contributed by atoms with Gasteiger partial charge in [0.05, 0.1) is 6.61 Å². The fourth-order valence-corrected chi connectivity index (χ4v) is 4.02. The van der Waals surface area contributed by atoms with Crippen LogP contribution < -0.4 is 5.32 Å². The summed E-state index contributed by atoms with van der Waals surface area (Å²) < 4.78 is 11.2. The Morgan fingerprint density at radius 1 is 1.17 bits per heavy atom. The first-order valence-corrected chi connectivity index (χ1v) is 11.0. The van der Waals surface area contributed by atoms with E-state index in [9.17, 15) is 4.79 Å². The Morgan fingerprint density at radius 3 is 2.53 bits per heavy atom. The highest BCUT2D eigenvalue weighted by atomic mass is 16.7. The van der Waals surface area contributed by atoms with Gasteiger partial charge >= 0.3 is 0 Å². The summed E-state index contributed by atoms with van der Waals surface area (Å²) >= 11 is 0. The minimum Gasteiger partial charge on any atom is -0.350 e. The SMILES string of the molecule is CC(C=CC1=C(C)CCCC1(C)C)=CC=CC(C)=CC(=O)NCC1COC(C)(C)O1. The molecule has 0 aromatic heterocycles. The topological polar surface area (TPSA) is 47.6 Å². The largest absolute Gasteiger partial charge is 0.350 e. The van der Waals surface area contributed by atoms with Crippen LogP contribution in [0.25, 0.3) is 0 Å². The fraction of sp³-hybridized carbons (Fsp3) is 0.577. The molecule has 0 aromatic carbocycles. The van der Waals surface area contributed by atoms with E-state index in [0.717, 1.165) is 5.57 Å². The zero-order chi connectivity index (χ0) is 22.4. The first-order valence-electron chi connectivity index (χ1n) is 11.0. The molecule has 1 fully saturated rings. The van der Waals surface area contributed by atoms with Gasteiger partial charge in [0, 0.05) is 12.6 Å². The molecule has 0 aromatic rings. The van der Waals surface area contributed by atoms with Crippen LogP contribution >= 0.6 is 0 Å². The zero-order valence-corrected chi connectivity index (χ0v) is 19.8. The van der Waals surface area contributed by atoms with E-state index in [1.165, 1.54) is 36.0 Å². The lowest BCUT2D eigenvalue weighted by Crippen LogP contribution is -2.33. The van der Waals surface area contributed by atoms with Crippen LogP contribution in [0.15, 0.2) is 58.7 Å². The van der Waals surface area contributed by atoms with Crippen LogP contribution in [0.4, 0.5) is 0 Å². The van der Waals surface area contributed by atoms with Crippen molar-refractivity contribution >= 4 is 5.91 Å². The van der Waals surface area contributed by atoms with Crippen molar-refractivity contribution in [2.24, 2.45) is 5.41 Å². The summed E-state index contributed by atoms with van der Waals surface area (Å²) in [6, 6.07) is 0. The smallest absolute Gasteiger partial charge is 0.244 e. The molecule has 4 heteroatoms. The highest BCUT2D eigenvalue weighted by Gasteiger charge is 2.32. The van der Waals surface area contributed by atoms with Crippen LogP contribution in [-0.2, 0) is 14.3 Å². The minimum atomic E-state index is -0.565. The van der Waals surface area contributed by atoms with Crippen molar-refractivity contribution in [1.82, 2.24) is 5.32 Å². The summed E-state index contributed by atoms with van der Waals surface area (Å²) in [6.07, 6.45) is 15.7. The molecule has 1 unspecified atom stereocenters. The van der Waals surface area contributed by atoms with Gasteiger partial charge in [0.2, 0.25) is 5.91 Å². The standard InChI is InChI=1S/C26H39NO3/c1-19(13-14-23-21(3)12-9-15-25(23,4)5)10-8-11-20(2)16-24(28)27-17-22-18-29-26(6,7)30-22/h8,10-11,13-14,16,22H,9,12,15,17-18H2,1-7H3,(H,27,28). The van der Waals surface area contributed by atoms with Gasteiger partial charge in [-0.1, -0.05) is 55.4 Å². The van der Waals surface area contributed by atoms with Crippen molar-refractivity contribution < 1.29 is 14.3 Å². The Morgan fingerprint density at radius 2 is 1.90 bits per heavy atom. The number of hydrogen-bond donors (Lipinski definition) is 1. The first-order chi connectivity index (χ1) is 14.0. The molecule has 1 N–H and O–H groups in total. The summed E-state index contributed by atoms with van der Waals surface area (Å²) in [5.74, 6) is -0.683. The van der Waals surface area contributed by atoms with E-state index >= 15 is 0 Å². The summed E-state index contributed by atoms with van der Waals surface area (Å²) in [7, 11) is 0. The van der Waals surface area contributed by atoms with E-state index in [0.29, 0.717) is 13.2 Å². The molecule has 4 nitrogen and oxygen atoms in total. The number of ether oxygens (including phenoxy) is 2. The molecule has 0 bridgehead atoms. The average Bonchev–Trinajstić information content (AvgIpc) is 2.98. The van der Waals surface area contributed by atoms with Crippen molar-refractivity contribution in [3.63, 3.8) is 0 Å². The molecular formula is C26H39NO3. The maximum atomic E-state index is 12.1. The van der Waals surface area contributed by atoms with Crippen molar-refractivity contribution in [3.8, 4) is 0 Å². The van der Waals surface area contributed by atoms with Crippen LogP contribution in [0.5, 0.6) is 0 Å². The predicted octanol–water partition coefficient (Wildman–Crippen LogP) is 5.79. The Kier molecular flexibility index (Phi) is 8.45. The van der Waals surface area contributed by atoms with Crippen LogP contribution in [0, 0.1) is 5.41 Å². The van der Waals surface area contributed by atoms with Crippen molar-refractivity contribution in [2.75, 3.05) is 13.2 Å². The third-order valence-corrected chi connectivity index (χ3v) is 5.70. The maximum absolute atomic E-state index is 12.1. The number of allylic oxidation sites excluding steroid dienone is 9. The Balaban J connectivity index is 1.85. The molecule has 0 saturated carbocycles. The fourth-order valence-electron chi connectivity index (χ4n) is 4.02. The van der Waals surface area contributed by atoms with Gasteiger partial charge in [-0.05, 0) is 70.4 Å². The molecule has 166 valence electrons. The summed E-state index contributed by atoms with van der Waals surface area (Å²) in [4.78, 5) is 12.1. The molecule has 1 aliphatic carbocycles. The van der Waals surface area contributed by atoms with Gasteiger partial charge in [-0.2, -0.15) is 0 Å². The van der Waals surface area contributed by atoms with E-state index in [1.807, 2.05) is 32.9 Å². The van der Waals surface area contributed by atoms with Gasteiger partial charge in [-0.25, -0.2) is 0 Å². The minimum absolute atomic E-state index is 0.0986. The molecule has 30 heavy (non-hydrogen) atoms. The Labute approximate surface area is 182 Å². The Bertz CT molecular complexity index is 778. The molecular weight excluding hydrogens is 374 g/mol. The maximum Gasteiger partial charge on any atom is 0.244 e. The summed E-state index contributed by atoms with van der Waals surface area (Å²) in [5.41, 5.74) is 5.32. The number of carbonyl (C=O) groups excluding carboxylic acids is 1. The number of hydrogen-bond acceptors (Lipinski definition) is 3. The predicted molar refractivity (Wildman–Crippen MR) is 124 cm³/mol. The molecule has 0 spiro atoms. The number of carbonyl (C=O) groups is 1. The van der Waals surface area contributed by atoms with E-state index in [1.54, 1.807) is 6.08 Å². The molecule has 1 atom stereocenters. The second-order valence-corrected chi connectivity index (χ2v) is 9.62. The molecule has 1 aliphatic heterocycles. The van der Waals surface area contributed by atoms with Crippen molar-refractivity contribution in [1.29, 1.82) is 0 Å². The highest BCUT2D eigenvalue weighted by molar-refractivity contribution is 5.88. The van der Waals surface area contributed by atoms with Crippen LogP contribution in [-0.4, -0.2) is 30.9 Å². The molecule has 2 rings (SSSR count). The molecule has 1 heterocycles. The normalized spacial score (nSPS) is 24.8. The molecule has 0 radical (unpaired) electrons. The molecule has 1 amide bonds. The van der Waals surface area contributed by atoms with Gasteiger partial charge in [-0.15, -0.1) is 0 Å². The lowest BCUT2D eigenvalue weighted by Gasteiger charge is -2.32. The van der Waals surface area contributed by atoms with E-state index in [4.69, 9.17) is 9.47 Å². The average molecular weight is 414 g/mol. The van der Waals surface area contributed by atoms with Crippen LogP contribution in [0.2, 0.25) is 0 Å². The van der Waals surface area contributed by atoms with Gasteiger partial charge in [0.25, 0.3) is 0 Å². The molecule has 2 aliphatic rings. The van der Waals surface area contributed by atoms with Gasteiger partial charge in [0.1, 0.15) is 6.10 Å². The second-order valence-electron chi connectivity index (χ2n) is 9.62. The van der Waals surface area contributed by atoms with Gasteiger partial charge in [-0.3, -0.25) is 4.79 Å². The molecule has 1 saturated heterocycles. The monoisotopic (exact) mass is 413 g/mol.